The van der Waals surface area contributed by atoms with Crippen molar-refractivity contribution in [3.63, 3.8) is 0 Å². The van der Waals surface area contributed by atoms with Crippen molar-refractivity contribution in [2.24, 2.45) is 0 Å². The van der Waals surface area contributed by atoms with Crippen molar-refractivity contribution in [2.45, 2.75) is 38.7 Å². The van der Waals surface area contributed by atoms with Gasteiger partial charge in [0.05, 0.1) is 18.5 Å². The fourth-order valence-electron chi connectivity index (χ4n) is 1.82. The lowest BCUT2D eigenvalue weighted by atomic mass is 10.2. The van der Waals surface area contributed by atoms with Gasteiger partial charge in [0.1, 0.15) is 12.1 Å². The molecular weight excluding hydrogens is 230 g/mol. The van der Waals surface area contributed by atoms with E-state index in [0.29, 0.717) is 11.3 Å². The minimum Gasteiger partial charge on any atom is -0.462 e. The summed E-state index contributed by atoms with van der Waals surface area (Å²) in [4.78, 5) is 11.6. The van der Waals surface area contributed by atoms with E-state index in [2.05, 4.69) is 5.10 Å². The molecule has 0 amide bonds. The summed E-state index contributed by atoms with van der Waals surface area (Å²) in [6.07, 6.45) is 0.693. The molecule has 1 aromatic rings. The molecule has 1 aliphatic rings. The molecule has 1 saturated carbocycles. The van der Waals surface area contributed by atoms with E-state index in [1.54, 1.807) is 6.92 Å². The summed E-state index contributed by atoms with van der Waals surface area (Å²) in [5, 5.41) is 3.86. The predicted molar refractivity (Wildman–Crippen MR) is 56.2 cm³/mol. The van der Waals surface area contributed by atoms with Crippen LogP contribution in [0.4, 0.5) is 8.78 Å². The first-order valence-corrected chi connectivity index (χ1v) is 5.64. The molecule has 6 heteroatoms. The minimum absolute atomic E-state index is 0.177. The van der Waals surface area contributed by atoms with E-state index in [0.717, 1.165) is 12.8 Å². The van der Waals surface area contributed by atoms with Crippen LogP contribution in [0.2, 0.25) is 0 Å². The normalized spacial score (nSPS) is 15.3. The second-order valence-electron chi connectivity index (χ2n) is 4.01. The Labute approximate surface area is 97.6 Å². The summed E-state index contributed by atoms with van der Waals surface area (Å²) in [5.41, 5.74) is 0.929. The van der Waals surface area contributed by atoms with Crippen LogP contribution in [0.1, 0.15) is 41.7 Å². The number of ether oxygens (including phenoxy) is 1. The van der Waals surface area contributed by atoms with Crippen LogP contribution in [-0.2, 0) is 11.3 Å². The van der Waals surface area contributed by atoms with E-state index in [1.165, 1.54) is 10.9 Å². The number of alkyl halides is 2. The molecule has 0 bridgehead atoms. The van der Waals surface area contributed by atoms with Crippen LogP contribution < -0.4 is 0 Å². The Morgan fingerprint density at radius 3 is 2.88 bits per heavy atom. The topological polar surface area (TPSA) is 44.1 Å². The number of esters is 1. The van der Waals surface area contributed by atoms with Crippen LogP contribution in [0.5, 0.6) is 0 Å². The smallest absolute Gasteiger partial charge is 0.341 e. The Morgan fingerprint density at radius 1 is 1.65 bits per heavy atom. The van der Waals surface area contributed by atoms with Crippen molar-refractivity contribution in [3.05, 3.63) is 17.5 Å². The van der Waals surface area contributed by atoms with Crippen LogP contribution in [0.15, 0.2) is 6.20 Å². The lowest BCUT2D eigenvalue weighted by Gasteiger charge is -2.07. The lowest BCUT2D eigenvalue weighted by molar-refractivity contribution is 0.0524. The SMILES string of the molecule is CCOC(=O)c1cnn(CC(F)F)c1C1CC1. The van der Waals surface area contributed by atoms with E-state index in [4.69, 9.17) is 4.74 Å². The van der Waals surface area contributed by atoms with Gasteiger partial charge in [-0.25, -0.2) is 13.6 Å². The molecule has 0 saturated heterocycles. The maximum absolute atomic E-state index is 12.4. The van der Waals surface area contributed by atoms with Crippen LogP contribution in [-0.4, -0.2) is 28.8 Å². The van der Waals surface area contributed by atoms with Gasteiger partial charge in [0.25, 0.3) is 6.43 Å². The first-order chi connectivity index (χ1) is 8.13. The molecule has 1 aromatic heterocycles. The zero-order chi connectivity index (χ0) is 12.4. The number of nitrogens with zero attached hydrogens (tertiary/aromatic N) is 2. The summed E-state index contributed by atoms with van der Waals surface area (Å²) in [7, 11) is 0. The van der Waals surface area contributed by atoms with Gasteiger partial charge in [0.2, 0.25) is 0 Å². The van der Waals surface area contributed by atoms with Crippen LogP contribution in [0.3, 0.4) is 0 Å². The van der Waals surface area contributed by atoms with Crippen molar-refractivity contribution in [3.8, 4) is 0 Å². The average Bonchev–Trinajstić information content (AvgIpc) is 3.00. The predicted octanol–water partition coefficient (Wildman–Crippen LogP) is 2.20. The van der Waals surface area contributed by atoms with Crippen molar-refractivity contribution in [1.29, 1.82) is 0 Å². The van der Waals surface area contributed by atoms with Gasteiger partial charge >= 0.3 is 5.97 Å². The standard InChI is InChI=1S/C11H14F2N2O2/c1-2-17-11(16)8-5-14-15(6-9(12)13)10(8)7-3-4-7/h5,7,9H,2-4,6H2,1H3. The highest BCUT2D eigenvalue weighted by atomic mass is 19.3. The van der Waals surface area contributed by atoms with Crippen molar-refractivity contribution in [1.82, 2.24) is 9.78 Å². The van der Waals surface area contributed by atoms with Gasteiger partial charge in [-0.15, -0.1) is 0 Å². The number of aromatic nitrogens is 2. The molecule has 0 spiro atoms. The van der Waals surface area contributed by atoms with E-state index in [1.807, 2.05) is 0 Å². The van der Waals surface area contributed by atoms with Gasteiger partial charge in [0, 0.05) is 5.92 Å². The average molecular weight is 244 g/mol. The number of hydrogen-bond donors (Lipinski definition) is 0. The third-order valence-electron chi connectivity index (χ3n) is 2.65. The molecule has 0 radical (unpaired) electrons. The van der Waals surface area contributed by atoms with Crippen molar-refractivity contribution >= 4 is 5.97 Å². The van der Waals surface area contributed by atoms with E-state index >= 15 is 0 Å². The Bertz CT molecular complexity index is 414. The second-order valence-corrected chi connectivity index (χ2v) is 4.01. The van der Waals surface area contributed by atoms with E-state index in [-0.39, 0.29) is 12.5 Å². The monoisotopic (exact) mass is 244 g/mol. The Hall–Kier alpha value is -1.46. The zero-order valence-electron chi connectivity index (χ0n) is 9.53. The van der Waals surface area contributed by atoms with Gasteiger partial charge in [-0.2, -0.15) is 5.10 Å². The molecule has 0 unspecified atom stereocenters. The third-order valence-corrected chi connectivity index (χ3v) is 2.65. The van der Waals surface area contributed by atoms with Gasteiger partial charge in [-0.3, -0.25) is 4.68 Å². The molecule has 1 fully saturated rings. The molecule has 0 atom stereocenters. The first-order valence-electron chi connectivity index (χ1n) is 5.64. The third kappa shape index (κ3) is 2.62. The summed E-state index contributed by atoms with van der Waals surface area (Å²) >= 11 is 0. The Balaban J connectivity index is 2.26. The van der Waals surface area contributed by atoms with Crippen LogP contribution in [0, 0.1) is 0 Å². The fraction of sp³-hybridized carbons (Fsp3) is 0.636. The van der Waals surface area contributed by atoms with Gasteiger partial charge in [-0.1, -0.05) is 0 Å². The minimum atomic E-state index is -2.47. The highest BCUT2D eigenvalue weighted by Gasteiger charge is 2.33. The molecule has 1 heterocycles. The molecule has 4 nitrogen and oxygen atoms in total. The highest BCUT2D eigenvalue weighted by Crippen LogP contribution is 2.41. The Kier molecular flexibility index (Phi) is 3.40. The summed E-state index contributed by atoms with van der Waals surface area (Å²) < 4.78 is 30.8. The number of halogens is 2. The molecule has 94 valence electrons. The quantitative estimate of drug-likeness (QED) is 0.746. The van der Waals surface area contributed by atoms with Crippen molar-refractivity contribution < 1.29 is 18.3 Å². The molecular formula is C11H14F2N2O2. The maximum Gasteiger partial charge on any atom is 0.341 e. The van der Waals surface area contributed by atoms with E-state index < -0.39 is 18.9 Å². The highest BCUT2D eigenvalue weighted by molar-refractivity contribution is 5.90. The molecule has 0 N–H and O–H groups in total. The number of carbonyl (C=O) groups excluding carboxylic acids is 1. The van der Waals surface area contributed by atoms with Gasteiger partial charge in [-0.05, 0) is 19.8 Å². The number of carbonyl (C=O) groups is 1. The summed E-state index contributed by atoms with van der Waals surface area (Å²) in [5.74, 6) is -0.300. The first kappa shape index (κ1) is 12.0. The largest absolute Gasteiger partial charge is 0.462 e. The summed E-state index contributed by atoms with van der Waals surface area (Å²) in [6, 6.07) is 0. The van der Waals surface area contributed by atoms with Crippen LogP contribution in [0.25, 0.3) is 0 Å². The van der Waals surface area contributed by atoms with E-state index in [9.17, 15) is 13.6 Å². The molecule has 0 aliphatic heterocycles. The fourth-order valence-corrected chi connectivity index (χ4v) is 1.82. The van der Waals surface area contributed by atoms with Gasteiger partial charge < -0.3 is 4.74 Å². The van der Waals surface area contributed by atoms with Gasteiger partial charge in [0.15, 0.2) is 0 Å². The molecule has 0 aromatic carbocycles. The molecule has 2 rings (SSSR count). The second kappa shape index (κ2) is 4.81. The molecule has 17 heavy (non-hydrogen) atoms. The lowest BCUT2D eigenvalue weighted by Crippen LogP contribution is -2.13. The zero-order valence-corrected chi connectivity index (χ0v) is 9.53. The maximum atomic E-state index is 12.4. The van der Waals surface area contributed by atoms with Crippen LogP contribution >= 0.6 is 0 Å². The van der Waals surface area contributed by atoms with Crippen molar-refractivity contribution in [2.75, 3.05) is 6.61 Å². The summed E-state index contributed by atoms with van der Waals surface area (Å²) in [6.45, 7) is 1.51. The number of rotatable bonds is 5. The number of hydrogen-bond acceptors (Lipinski definition) is 3. The Morgan fingerprint density at radius 2 is 2.35 bits per heavy atom. The molecule has 1 aliphatic carbocycles.